The average molecular weight is 1040 g/mol. The average Bonchev–Trinajstić information content (AvgIpc) is 3.82. The molecule has 1 aromatic carbocycles. The molecule has 19 nitrogen and oxygen atoms in total. The number of primary amides is 1. The third-order valence-electron chi connectivity index (χ3n) is 16.3. The lowest BCUT2D eigenvalue weighted by atomic mass is 9.44. The largest absolute Gasteiger partial charge is 0.457 e. The summed E-state index contributed by atoms with van der Waals surface area (Å²) in [5.74, 6) is -6.40. The van der Waals surface area contributed by atoms with Gasteiger partial charge in [-0.1, -0.05) is 52.3 Å². The molecule has 1 aromatic rings. The molecule has 1 aliphatic heterocycles. The van der Waals surface area contributed by atoms with Crippen LogP contribution in [0.25, 0.3) is 0 Å². The van der Waals surface area contributed by atoms with E-state index in [-0.39, 0.29) is 62.5 Å². The van der Waals surface area contributed by atoms with Gasteiger partial charge in [0.1, 0.15) is 18.8 Å². The van der Waals surface area contributed by atoms with Crippen molar-refractivity contribution in [2.24, 2.45) is 51.4 Å². The van der Waals surface area contributed by atoms with Crippen molar-refractivity contribution < 1.29 is 76.3 Å². The smallest absolute Gasteiger partial charge is 0.408 e. The Morgan fingerprint density at radius 1 is 1.01 bits per heavy atom. The van der Waals surface area contributed by atoms with Crippen LogP contribution in [0.1, 0.15) is 112 Å². The summed E-state index contributed by atoms with van der Waals surface area (Å²) >= 11 is 0. The molecular weight excluding hydrogens is 969 g/mol. The lowest BCUT2D eigenvalue weighted by Gasteiger charge is -2.63. The van der Waals surface area contributed by atoms with Gasteiger partial charge in [-0.15, -0.1) is 0 Å². The van der Waals surface area contributed by atoms with E-state index < -0.39 is 143 Å². The highest BCUT2D eigenvalue weighted by Gasteiger charge is 2.80. The highest BCUT2D eigenvalue weighted by molar-refractivity contribution is 6.01. The minimum absolute atomic E-state index is 0.0404. The number of amides is 4. The molecule has 3 saturated carbocycles. The first kappa shape index (κ1) is 57.8. The van der Waals surface area contributed by atoms with Crippen LogP contribution in [0.4, 0.5) is 24.1 Å². The van der Waals surface area contributed by atoms with Gasteiger partial charge in [0.25, 0.3) is 0 Å². The van der Waals surface area contributed by atoms with Crippen LogP contribution in [0.5, 0.6) is 0 Å². The van der Waals surface area contributed by atoms with Gasteiger partial charge in [-0.25, -0.2) is 18.4 Å². The van der Waals surface area contributed by atoms with Gasteiger partial charge in [-0.3, -0.25) is 28.8 Å². The number of aliphatic hydroxyl groups is 2. The molecule has 1 unspecified atom stereocenters. The number of benzene rings is 1. The maximum atomic E-state index is 17.9. The predicted octanol–water partition coefficient (Wildman–Crippen LogP) is 4.53. The SMILES string of the molecule is CCCC1O[C@@H]2C[C@H]3[C@@H]4C[C@H](F)C5=CC(=O)C=C[C@]5(C)[C@@]4(F)[C@@H](O)C[C@]3(C)[C@]2(C(=O)COC(=O)C(C)(C)CC(=O)[C@H](CO)NC(=O)OCc2ccc(NC(=O)[C@H](CCCNC(N)=O)CC(=O)[C@@H](N)C(C)C)cc2)O1. The Kier molecular flexibility index (Phi) is 17.8. The van der Waals surface area contributed by atoms with E-state index in [0.29, 0.717) is 30.5 Å². The zero-order chi connectivity index (χ0) is 54.7. The van der Waals surface area contributed by atoms with Crippen molar-refractivity contribution >= 4 is 52.8 Å². The Bertz CT molecular complexity index is 2400. The monoisotopic (exact) mass is 1040 g/mol. The van der Waals surface area contributed by atoms with Crippen molar-refractivity contribution in [1.82, 2.24) is 10.6 Å². The number of Topliss-reactive ketones (excluding diaryl/α,β-unsaturated/α-hetero) is 3. The molecule has 408 valence electrons. The Hall–Kier alpha value is -5.48. The number of nitrogens with two attached hydrogens (primary N) is 2. The van der Waals surface area contributed by atoms with Gasteiger partial charge in [0.05, 0.1) is 30.3 Å². The zero-order valence-electron chi connectivity index (χ0n) is 43.2. The van der Waals surface area contributed by atoms with E-state index in [2.05, 4.69) is 16.0 Å². The van der Waals surface area contributed by atoms with Crippen molar-refractivity contribution in [3.63, 3.8) is 0 Å². The first-order chi connectivity index (χ1) is 34.7. The van der Waals surface area contributed by atoms with E-state index in [1.807, 2.05) is 6.92 Å². The molecule has 0 radical (unpaired) electrons. The van der Waals surface area contributed by atoms with Gasteiger partial charge in [0.15, 0.2) is 41.5 Å². The Morgan fingerprint density at radius 2 is 1.70 bits per heavy atom. The number of rotatable bonds is 23. The van der Waals surface area contributed by atoms with E-state index in [4.69, 9.17) is 30.4 Å². The Balaban J connectivity index is 1.04. The molecule has 13 atom stereocenters. The second-order valence-electron chi connectivity index (χ2n) is 22.0. The summed E-state index contributed by atoms with van der Waals surface area (Å²) in [6, 6.07) is 3.27. The number of aliphatic hydroxyl groups excluding tert-OH is 2. The number of alkyl carbamates (subject to hydrolysis) is 1. The van der Waals surface area contributed by atoms with Crippen LogP contribution in [0.3, 0.4) is 0 Å². The summed E-state index contributed by atoms with van der Waals surface area (Å²) in [6.45, 7) is 9.65. The minimum atomic E-state index is -2.42. The van der Waals surface area contributed by atoms with Gasteiger partial charge in [0.2, 0.25) is 11.7 Å². The summed E-state index contributed by atoms with van der Waals surface area (Å²) in [4.78, 5) is 104. The van der Waals surface area contributed by atoms with Gasteiger partial charge < -0.3 is 56.6 Å². The number of nitrogens with one attached hydrogen (secondary N) is 3. The van der Waals surface area contributed by atoms with Crippen LogP contribution in [0.15, 0.2) is 48.1 Å². The molecule has 1 heterocycles. The van der Waals surface area contributed by atoms with Crippen LogP contribution in [0, 0.1) is 39.9 Å². The first-order valence-electron chi connectivity index (χ1n) is 25.5. The number of hydrogen-bond acceptors (Lipinski definition) is 15. The van der Waals surface area contributed by atoms with Crippen molar-refractivity contribution in [2.45, 2.75) is 161 Å². The van der Waals surface area contributed by atoms with Gasteiger partial charge in [-0.2, -0.15) is 0 Å². The standard InChI is InChI=1S/C53H73F2N5O14/c1-8-10-43-73-42-22-33-34-21-36(54)35-20-32(62)16-17-50(35,6)52(34,55)40(65)24-51(33,7)53(42,74-43)41(66)27-71-46(68)49(4,5)23-39(64)37(25-61)60-48(70)72-26-29-12-14-31(15-13-29)59-45(67)30(11-9-18-58-47(57)69)19-38(63)44(56)28(2)3/h12-17,20,28,30,33-34,36-37,40,42-44,61,65H,8-11,18-19,21-27,56H2,1-7H3,(H,59,67)(H,60,70)(H3,57,58,69)/t30-,33+,34+,36+,37+,40+,42-,43?,44+,50+,51+,52+,53-/m1/s1. The topological polar surface area (TPSA) is 302 Å². The number of carbonyl (C=O) groups is 8. The molecule has 6 rings (SSSR count). The summed E-state index contributed by atoms with van der Waals surface area (Å²) < 4.78 is 57.7. The molecule has 4 aliphatic carbocycles. The molecule has 0 aromatic heterocycles. The van der Waals surface area contributed by atoms with E-state index >= 15 is 8.78 Å². The summed E-state index contributed by atoms with van der Waals surface area (Å²) in [5, 5.41) is 29.5. The summed E-state index contributed by atoms with van der Waals surface area (Å²) in [5.41, 5.74) is 3.14. The lowest BCUT2D eigenvalue weighted by molar-refractivity contribution is -0.235. The Morgan fingerprint density at radius 3 is 2.34 bits per heavy atom. The number of allylic oxidation sites excluding steroid dienone is 4. The molecular formula is C53H73F2N5O14. The fraction of sp³-hybridized carbons (Fsp3) is 0.660. The van der Waals surface area contributed by atoms with Crippen molar-refractivity contribution in [1.29, 1.82) is 0 Å². The van der Waals surface area contributed by atoms with Crippen LogP contribution < -0.4 is 27.4 Å². The quantitative estimate of drug-likeness (QED) is 0.0585. The van der Waals surface area contributed by atoms with E-state index in [1.54, 1.807) is 45.0 Å². The molecule has 0 spiro atoms. The third-order valence-corrected chi connectivity index (χ3v) is 16.3. The van der Waals surface area contributed by atoms with Crippen LogP contribution >= 0.6 is 0 Å². The van der Waals surface area contributed by atoms with E-state index in [0.717, 1.165) is 6.08 Å². The molecule has 9 N–H and O–H groups in total. The molecule has 4 fully saturated rings. The number of urea groups is 1. The number of fused-ring (bicyclic) bond motifs is 7. The fourth-order valence-corrected chi connectivity index (χ4v) is 12.1. The van der Waals surface area contributed by atoms with Crippen LogP contribution in [0.2, 0.25) is 0 Å². The summed E-state index contributed by atoms with van der Waals surface area (Å²) in [7, 11) is 0. The van der Waals surface area contributed by atoms with Gasteiger partial charge >= 0.3 is 18.1 Å². The van der Waals surface area contributed by atoms with Crippen LogP contribution in [-0.2, 0) is 54.3 Å². The van der Waals surface area contributed by atoms with Gasteiger partial charge in [-0.05, 0) is 107 Å². The normalized spacial score (nSPS) is 31.1. The number of hydrogen-bond donors (Lipinski definition) is 7. The number of anilines is 1. The molecule has 74 heavy (non-hydrogen) atoms. The fourth-order valence-electron chi connectivity index (χ4n) is 12.1. The second-order valence-corrected chi connectivity index (χ2v) is 22.0. The van der Waals surface area contributed by atoms with Crippen molar-refractivity contribution in [3.8, 4) is 0 Å². The van der Waals surface area contributed by atoms with Crippen molar-refractivity contribution in [2.75, 3.05) is 25.1 Å². The highest BCUT2D eigenvalue weighted by atomic mass is 19.1. The highest BCUT2D eigenvalue weighted by Crippen LogP contribution is 2.72. The number of alkyl halides is 2. The number of ether oxygens (including phenoxy) is 4. The lowest BCUT2D eigenvalue weighted by Crippen LogP contribution is -2.71. The molecule has 5 aliphatic rings. The zero-order valence-corrected chi connectivity index (χ0v) is 43.2. The molecule has 1 saturated heterocycles. The summed E-state index contributed by atoms with van der Waals surface area (Å²) in [6.07, 6.45) is -2.29. The first-order valence-corrected chi connectivity index (χ1v) is 25.5. The van der Waals surface area contributed by atoms with Crippen LogP contribution in [-0.4, -0.2) is 125 Å². The minimum Gasteiger partial charge on any atom is -0.457 e. The number of carbonyl (C=O) groups excluding carboxylic acids is 8. The van der Waals surface area contributed by atoms with E-state index in [9.17, 15) is 48.6 Å². The molecule has 4 amide bonds. The predicted molar refractivity (Wildman–Crippen MR) is 263 cm³/mol. The Labute approximate surface area is 429 Å². The van der Waals surface area contributed by atoms with Gasteiger partial charge in [0, 0.05) is 47.7 Å². The van der Waals surface area contributed by atoms with Crippen molar-refractivity contribution in [3.05, 3.63) is 53.6 Å². The van der Waals surface area contributed by atoms with E-state index in [1.165, 1.54) is 32.9 Å². The number of ketones is 4. The third kappa shape index (κ3) is 11.2. The second kappa shape index (κ2) is 22.8. The maximum Gasteiger partial charge on any atom is 0.408 e. The maximum absolute atomic E-state index is 17.9. The molecule has 21 heteroatoms. The molecule has 0 bridgehead atoms. The number of halogens is 2. The number of esters is 1.